The summed E-state index contributed by atoms with van der Waals surface area (Å²) in [7, 11) is 0. The van der Waals surface area contributed by atoms with Crippen molar-refractivity contribution < 1.29 is 22.8 Å². The molecule has 0 fully saturated rings. The summed E-state index contributed by atoms with van der Waals surface area (Å²) in [5.41, 5.74) is 8.34. The highest BCUT2D eigenvalue weighted by molar-refractivity contribution is 5.84. The Morgan fingerprint density at radius 1 is 1.25 bits per heavy atom. The minimum atomic E-state index is -4.86. The Bertz CT molecular complexity index is 188. The molecule has 12 heavy (non-hydrogen) atoms. The molecule has 0 saturated heterocycles. The van der Waals surface area contributed by atoms with E-state index in [4.69, 9.17) is 4.79 Å². The van der Waals surface area contributed by atoms with Crippen LogP contribution >= 0.6 is 0 Å². The summed E-state index contributed by atoms with van der Waals surface area (Å²) < 4.78 is 32.1. The van der Waals surface area contributed by atoms with Crippen LogP contribution in [0, 0.1) is 0 Å². The van der Waals surface area contributed by atoms with Crippen LogP contribution < -0.4 is 11.5 Å². The van der Waals surface area contributed by atoms with Gasteiger partial charge < -0.3 is 11.5 Å². The van der Waals surface area contributed by atoms with Crippen LogP contribution in [0.1, 0.15) is 0 Å². The third-order valence-corrected chi connectivity index (χ3v) is 0.481. The molecule has 0 aromatic rings. The Labute approximate surface area is 66.0 Å². The van der Waals surface area contributed by atoms with Crippen molar-refractivity contribution in [3.05, 3.63) is 12.7 Å². The number of alkyl halides is 3. The number of nitrogens with two attached hydrogens (primary N) is 2. The van der Waals surface area contributed by atoms with Gasteiger partial charge in [-0.1, -0.05) is 6.58 Å². The Morgan fingerprint density at radius 3 is 1.42 bits per heavy atom. The van der Waals surface area contributed by atoms with E-state index in [2.05, 4.69) is 18.0 Å². The molecule has 0 unspecified atom stereocenters. The number of carbonyl (C=O) groups excluding carboxylic acids is 2. The van der Waals surface area contributed by atoms with Gasteiger partial charge in [-0.2, -0.15) is 13.2 Å². The maximum atomic E-state index is 10.7. The fraction of sp³-hybridized carbons (Fsp3) is 0.200. The van der Waals surface area contributed by atoms with Crippen LogP contribution in [0.25, 0.3) is 0 Å². The molecule has 0 atom stereocenters. The van der Waals surface area contributed by atoms with Crippen molar-refractivity contribution in [1.29, 1.82) is 0 Å². The SMILES string of the molecule is C=CC(N)=O.NC(=O)C(F)(F)F. The third-order valence-electron chi connectivity index (χ3n) is 0.481. The molecule has 0 bridgehead atoms. The normalized spacial score (nSPS) is 9.25. The predicted octanol–water partition coefficient (Wildman–Crippen LogP) is -0.308. The van der Waals surface area contributed by atoms with Gasteiger partial charge in [0.25, 0.3) is 0 Å². The molecule has 0 aromatic carbocycles. The first-order valence-electron chi connectivity index (χ1n) is 2.50. The van der Waals surface area contributed by atoms with Gasteiger partial charge in [-0.15, -0.1) is 0 Å². The second kappa shape index (κ2) is 5.16. The molecule has 0 heterocycles. The Hall–Kier alpha value is -1.53. The number of carbonyl (C=O) groups is 2. The Kier molecular flexibility index (Phi) is 5.63. The van der Waals surface area contributed by atoms with E-state index >= 15 is 0 Å². The van der Waals surface area contributed by atoms with Gasteiger partial charge in [-0.05, 0) is 6.08 Å². The number of halogens is 3. The fourth-order valence-corrected chi connectivity index (χ4v) is 0. The molecule has 0 saturated carbocycles. The van der Waals surface area contributed by atoms with Gasteiger partial charge >= 0.3 is 12.1 Å². The van der Waals surface area contributed by atoms with E-state index in [-0.39, 0.29) is 0 Å². The molecule has 0 radical (unpaired) electrons. The number of hydrogen-bond acceptors (Lipinski definition) is 2. The molecule has 0 aromatic heterocycles. The Morgan fingerprint density at radius 2 is 1.42 bits per heavy atom. The lowest BCUT2D eigenvalue weighted by Gasteiger charge is -1.95. The first-order valence-corrected chi connectivity index (χ1v) is 2.50. The molecule has 2 amide bonds. The van der Waals surface area contributed by atoms with Crippen LogP contribution in [-0.2, 0) is 9.59 Å². The zero-order valence-corrected chi connectivity index (χ0v) is 5.89. The molecule has 70 valence electrons. The fourth-order valence-electron chi connectivity index (χ4n) is 0. The van der Waals surface area contributed by atoms with Gasteiger partial charge in [0, 0.05) is 0 Å². The second-order valence-corrected chi connectivity index (χ2v) is 1.47. The van der Waals surface area contributed by atoms with Crippen LogP contribution in [0.4, 0.5) is 13.2 Å². The van der Waals surface area contributed by atoms with Crippen molar-refractivity contribution in [3.63, 3.8) is 0 Å². The maximum Gasteiger partial charge on any atom is 0.470 e. The number of hydrogen-bond donors (Lipinski definition) is 2. The van der Waals surface area contributed by atoms with E-state index in [1.54, 1.807) is 0 Å². The molecule has 0 aliphatic carbocycles. The highest BCUT2D eigenvalue weighted by atomic mass is 19.4. The van der Waals surface area contributed by atoms with Crippen molar-refractivity contribution in [2.24, 2.45) is 11.5 Å². The minimum absolute atomic E-state index is 0.481. The molecule has 4 nitrogen and oxygen atoms in total. The van der Waals surface area contributed by atoms with Crippen LogP contribution in [0.15, 0.2) is 12.7 Å². The topological polar surface area (TPSA) is 86.2 Å². The number of amides is 2. The zero-order valence-electron chi connectivity index (χ0n) is 5.89. The van der Waals surface area contributed by atoms with Crippen molar-refractivity contribution in [2.75, 3.05) is 0 Å². The van der Waals surface area contributed by atoms with Crippen LogP contribution in [0.3, 0.4) is 0 Å². The third kappa shape index (κ3) is 11.3. The second-order valence-electron chi connectivity index (χ2n) is 1.47. The van der Waals surface area contributed by atoms with Crippen molar-refractivity contribution in [1.82, 2.24) is 0 Å². The van der Waals surface area contributed by atoms with Crippen molar-refractivity contribution in [3.8, 4) is 0 Å². The molecule has 4 N–H and O–H groups in total. The number of rotatable bonds is 1. The van der Waals surface area contributed by atoms with Gasteiger partial charge in [-0.25, -0.2) is 0 Å². The molecular formula is C5H7F3N2O2. The monoisotopic (exact) mass is 184 g/mol. The summed E-state index contributed by atoms with van der Waals surface area (Å²) >= 11 is 0. The van der Waals surface area contributed by atoms with E-state index in [0.717, 1.165) is 6.08 Å². The van der Waals surface area contributed by atoms with Gasteiger partial charge in [0.15, 0.2) is 0 Å². The molecule has 7 heteroatoms. The van der Waals surface area contributed by atoms with E-state index < -0.39 is 18.0 Å². The van der Waals surface area contributed by atoms with Gasteiger partial charge in [0.05, 0.1) is 0 Å². The quantitative estimate of drug-likeness (QED) is 0.547. The molecule has 0 rings (SSSR count). The first kappa shape index (κ1) is 13.1. The average Bonchev–Trinajstić information content (AvgIpc) is 1.87. The number of primary amides is 2. The summed E-state index contributed by atoms with van der Waals surface area (Å²) in [6.45, 7) is 3.09. The van der Waals surface area contributed by atoms with Crippen LogP contribution in [0.5, 0.6) is 0 Å². The molecule has 0 spiro atoms. The highest BCUT2D eigenvalue weighted by Gasteiger charge is 2.35. The largest absolute Gasteiger partial charge is 0.470 e. The summed E-state index contributed by atoms with van der Waals surface area (Å²) in [5, 5.41) is 0. The maximum absolute atomic E-state index is 10.7. The lowest BCUT2D eigenvalue weighted by molar-refractivity contribution is -0.169. The lowest BCUT2D eigenvalue weighted by atomic mass is 10.6. The van der Waals surface area contributed by atoms with Gasteiger partial charge in [0.2, 0.25) is 5.91 Å². The zero-order chi connectivity index (χ0) is 10.4. The first-order chi connectivity index (χ1) is 5.21. The summed E-state index contributed by atoms with van der Waals surface area (Å²) in [6, 6.07) is 0. The lowest BCUT2D eigenvalue weighted by Crippen LogP contribution is -2.30. The summed E-state index contributed by atoms with van der Waals surface area (Å²) in [6.07, 6.45) is -3.81. The van der Waals surface area contributed by atoms with E-state index in [9.17, 15) is 18.0 Å². The van der Waals surface area contributed by atoms with Gasteiger partial charge in [0.1, 0.15) is 0 Å². The highest BCUT2D eigenvalue weighted by Crippen LogP contribution is 2.11. The molecule has 0 aliphatic rings. The standard InChI is InChI=1S/C3H5NO.C2H2F3NO/c1-2-3(4)5;3-2(4,5)1(6)7/h2H,1H2,(H2,4,5);(H2,6,7). The minimum Gasteiger partial charge on any atom is -0.366 e. The van der Waals surface area contributed by atoms with E-state index in [1.807, 2.05) is 0 Å². The van der Waals surface area contributed by atoms with Crippen molar-refractivity contribution in [2.45, 2.75) is 6.18 Å². The van der Waals surface area contributed by atoms with Crippen LogP contribution in [-0.4, -0.2) is 18.0 Å². The summed E-state index contributed by atoms with van der Waals surface area (Å²) in [4.78, 5) is 18.6. The van der Waals surface area contributed by atoms with Crippen LogP contribution in [0.2, 0.25) is 0 Å². The van der Waals surface area contributed by atoms with Gasteiger partial charge in [-0.3, -0.25) is 9.59 Å². The summed E-state index contributed by atoms with van der Waals surface area (Å²) in [5.74, 6) is -2.74. The predicted molar refractivity (Wildman–Crippen MR) is 34.6 cm³/mol. The molecule has 0 aliphatic heterocycles. The van der Waals surface area contributed by atoms with E-state index in [0.29, 0.717) is 0 Å². The smallest absolute Gasteiger partial charge is 0.366 e. The molecular weight excluding hydrogens is 177 g/mol. The average molecular weight is 184 g/mol. The van der Waals surface area contributed by atoms with Crippen molar-refractivity contribution >= 4 is 11.8 Å². The van der Waals surface area contributed by atoms with E-state index in [1.165, 1.54) is 0 Å². The Balaban J connectivity index is 0.